The van der Waals surface area contributed by atoms with Crippen LogP contribution in [-0.4, -0.2) is 77.3 Å². The number of rotatable bonds is 15. The summed E-state index contributed by atoms with van der Waals surface area (Å²) >= 11 is 0. The Hall–Kier alpha value is -4.08. The van der Waals surface area contributed by atoms with E-state index < -0.39 is 0 Å². The minimum absolute atomic E-state index is 0.141. The second kappa shape index (κ2) is 12.1. The molecule has 4 aliphatic heterocycles. The molecular formula is C36H34O8. The van der Waals surface area contributed by atoms with Crippen LogP contribution in [0.1, 0.15) is 0 Å². The molecule has 0 saturated carbocycles. The summed E-state index contributed by atoms with van der Waals surface area (Å²) in [6.45, 7) is 4.96. The highest BCUT2D eigenvalue weighted by Crippen LogP contribution is 2.42. The van der Waals surface area contributed by atoms with E-state index in [4.69, 9.17) is 37.9 Å². The molecule has 4 fully saturated rings. The molecule has 4 aliphatic rings. The highest BCUT2D eigenvalue weighted by atomic mass is 16.6. The lowest BCUT2D eigenvalue weighted by atomic mass is 9.89. The van der Waals surface area contributed by atoms with E-state index >= 15 is 0 Å². The second-order valence-corrected chi connectivity index (χ2v) is 11.5. The van der Waals surface area contributed by atoms with Gasteiger partial charge in [-0.25, -0.2) is 0 Å². The molecule has 4 saturated heterocycles. The van der Waals surface area contributed by atoms with E-state index in [2.05, 4.69) is 72.8 Å². The summed E-state index contributed by atoms with van der Waals surface area (Å²) in [5.41, 5.74) is 6.49. The minimum Gasteiger partial charge on any atom is -0.487 e. The predicted molar refractivity (Wildman–Crippen MR) is 164 cm³/mol. The van der Waals surface area contributed by atoms with E-state index in [1.54, 1.807) is 0 Å². The zero-order chi connectivity index (χ0) is 29.3. The first-order chi connectivity index (χ1) is 21.8. The Morgan fingerprint density at radius 2 is 0.727 bits per heavy atom. The van der Waals surface area contributed by atoms with Gasteiger partial charge in [0, 0.05) is 0 Å². The van der Waals surface area contributed by atoms with Gasteiger partial charge in [-0.2, -0.15) is 0 Å². The molecule has 226 valence electrons. The van der Waals surface area contributed by atoms with Crippen LogP contribution >= 0.6 is 0 Å². The second-order valence-electron chi connectivity index (χ2n) is 11.5. The predicted octanol–water partition coefficient (Wildman–Crippen LogP) is 5.80. The number of hydrogen-bond donors (Lipinski definition) is 0. The van der Waals surface area contributed by atoms with Gasteiger partial charge < -0.3 is 37.9 Å². The number of hydrogen-bond acceptors (Lipinski definition) is 8. The normalized spacial score (nSPS) is 22.6. The van der Waals surface area contributed by atoms with Crippen LogP contribution in [0, 0.1) is 0 Å². The maximum Gasteiger partial charge on any atom is 0.161 e. The lowest BCUT2D eigenvalue weighted by molar-refractivity contribution is 0.228. The third-order valence-electron chi connectivity index (χ3n) is 7.96. The molecule has 0 N–H and O–H groups in total. The molecule has 0 radical (unpaired) electrons. The van der Waals surface area contributed by atoms with Gasteiger partial charge >= 0.3 is 0 Å². The molecule has 4 aromatic carbocycles. The average molecular weight is 595 g/mol. The van der Waals surface area contributed by atoms with Crippen LogP contribution in [0.5, 0.6) is 23.0 Å². The van der Waals surface area contributed by atoms with Crippen LogP contribution in [-0.2, 0) is 18.9 Å². The van der Waals surface area contributed by atoms with Gasteiger partial charge in [-0.15, -0.1) is 0 Å². The van der Waals surface area contributed by atoms with E-state index in [0.717, 1.165) is 59.8 Å². The Kier molecular flexibility index (Phi) is 7.57. The molecule has 4 aromatic rings. The zero-order valence-electron chi connectivity index (χ0n) is 24.3. The highest BCUT2D eigenvalue weighted by Gasteiger charge is 2.27. The summed E-state index contributed by atoms with van der Waals surface area (Å²) in [6, 6.07) is 29.2. The Balaban J connectivity index is 1.13. The number of ether oxygens (including phenoxy) is 8. The first-order valence-electron chi connectivity index (χ1n) is 15.2. The quantitative estimate of drug-likeness (QED) is 0.160. The van der Waals surface area contributed by atoms with Crippen molar-refractivity contribution in [1.29, 1.82) is 0 Å². The van der Waals surface area contributed by atoms with Gasteiger partial charge in [0.2, 0.25) is 0 Å². The van der Waals surface area contributed by atoms with Gasteiger partial charge in [-0.1, -0.05) is 60.7 Å². The molecule has 8 heteroatoms. The van der Waals surface area contributed by atoms with Crippen molar-refractivity contribution in [2.75, 3.05) is 52.9 Å². The van der Waals surface area contributed by atoms with Crippen LogP contribution in [0.2, 0.25) is 0 Å². The van der Waals surface area contributed by atoms with Gasteiger partial charge in [0.25, 0.3) is 0 Å². The molecular weight excluding hydrogens is 560 g/mol. The third-order valence-corrected chi connectivity index (χ3v) is 7.96. The van der Waals surface area contributed by atoms with E-state index in [1.807, 2.05) is 12.1 Å². The Bertz CT molecular complexity index is 1500. The molecule has 0 aromatic heterocycles. The van der Waals surface area contributed by atoms with Gasteiger partial charge in [0.1, 0.15) is 50.8 Å². The topological polar surface area (TPSA) is 87.0 Å². The van der Waals surface area contributed by atoms with E-state index in [-0.39, 0.29) is 24.4 Å². The maximum atomic E-state index is 6.19. The SMILES string of the molecule is c1ccc(-c2ccccc2-c2ccc(OCC3CO3)c(OCC3CO3)c2)c(-c2ccc(OCC3CO3)c(OCC3CO3)c2)c1. The molecule has 4 heterocycles. The van der Waals surface area contributed by atoms with Crippen molar-refractivity contribution in [1.82, 2.24) is 0 Å². The molecule has 0 amide bonds. The summed E-state index contributed by atoms with van der Waals surface area (Å²) in [5, 5.41) is 0. The van der Waals surface area contributed by atoms with Gasteiger partial charge in [-0.05, 0) is 57.6 Å². The largest absolute Gasteiger partial charge is 0.487 e. The van der Waals surface area contributed by atoms with Gasteiger partial charge in [0.15, 0.2) is 23.0 Å². The third kappa shape index (κ3) is 6.69. The van der Waals surface area contributed by atoms with Crippen LogP contribution in [0.15, 0.2) is 84.9 Å². The molecule has 0 spiro atoms. The maximum absolute atomic E-state index is 6.19. The van der Waals surface area contributed by atoms with Crippen molar-refractivity contribution in [2.45, 2.75) is 24.4 Å². The standard InChI is InChI=1S/C36H34O8/c1-3-7-31(29(5-1)23-9-11-33(41-19-25-15-37-25)35(13-23)43-21-27-17-39-27)32-8-4-2-6-30(32)24-10-12-34(42-20-26-16-38-26)36(14-24)44-22-28-18-40-28/h1-14,25-28H,15-22H2. The highest BCUT2D eigenvalue weighted by molar-refractivity contribution is 5.92. The first-order valence-corrected chi connectivity index (χ1v) is 15.2. The number of benzene rings is 4. The van der Waals surface area contributed by atoms with Gasteiger partial charge in [0.05, 0.1) is 26.4 Å². The van der Waals surface area contributed by atoms with Gasteiger partial charge in [-0.3, -0.25) is 0 Å². The average Bonchev–Trinajstić information content (AvgIpc) is 3.89. The molecule has 4 atom stereocenters. The fraction of sp³-hybridized carbons (Fsp3) is 0.333. The molecule has 0 aliphatic carbocycles. The van der Waals surface area contributed by atoms with Crippen LogP contribution in [0.3, 0.4) is 0 Å². The summed E-state index contributed by atoms with van der Waals surface area (Å²) in [4.78, 5) is 0. The lowest BCUT2D eigenvalue weighted by Gasteiger charge is -2.18. The molecule has 8 nitrogen and oxygen atoms in total. The summed E-state index contributed by atoms with van der Waals surface area (Å²) in [6.07, 6.45) is 0.600. The summed E-state index contributed by atoms with van der Waals surface area (Å²) < 4.78 is 45.9. The summed E-state index contributed by atoms with van der Waals surface area (Å²) in [5.74, 6) is 2.83. The fourth-order valence-corrected chi connectivity index (χ4v) is 5.14. The van der Waals surface area contributed by atoms with E-state index in [1.165, 1.54) is 0 Å². The molecule has 44 heavy (non-hydrogen) atoms. The van der Waals surface area contributed by atoms with Crippen molar-refractivity contribution in [3.8, 4) is 56.4 Å². The van der Waals surface area contributed by atoms with Crippen LogP contribution in [0.25, 0.3) is 33.4 Å². The smallest absolute Gasteiger partial charge is 0.161 e. The molecule has 0 bridgehead atoms. The van der Waals surface area contributed by atoms with Crippen molar-refractivity contribution in [2.24, 2.45) is 0 Å². The number of epoxide rings is 4. The summed E-state index contributed by atoms with van der Waals surface area (Å²) in [7, 11) is 0. The van der Waals surface area contributed by atoms with Crippen molar-refractivity contribution in [3.05, 3.63) is 84.9 Å². The molecule has 8 rings (SSSR count). The van der Waals surface area contributed by atoms with Crippen molar-refractivity contribution < 1.29 is 37.9 Å². The Labute approximate surface area is 256 Å². The molecule has 4 unspecified atom stereocenters. The van der Waals surface area contributed by atoms with Crippen molar-refractivity contribution >= 4 is 0 Å². The van der Waals surface area contributed by atoms with E-state index in [0.29, 0.717) is 49.4 Å². The van der Waals surface area contributed by atoms with Crippen LogP contribution in [0.4, 0.5) is 0 Å². The first kappa shape index (κ1) is 27.5. The zero-order valence-corrected chi connectivity index (χ0v) is 24.3. The monoisotopic (exact) mass is 594 g/mol. The Morgan fingerprint density at radius 1 is 0.409 bits per heavy atom. The lowest BCUT2D eigenvalue weighted by Crippen LogP contribution is -2.08. The minimum atomic E-state index is 0.141. The fourth-order valence-electron chi connectivity index (χ4n) is 5.14. The van der Waals surface area contributed by atoms with E-state index in [9.17, 15) is 0 Å². The van der Waals surface area contributed by atoms with Crippen molar-refractivity contribution in [3.63, 3.8) is 0 Å². The van der Waals surface area contributed by atoms with Crippen LogP contribution < -0.4 is 18.9 Å². The Morgan fingerprint density at radius 3 is 1.07 bits per heavy atom.